The quantitative estimate of drug-likeness (QED) is 0.724. The van der Waals surface area contributed by atoms with Crippen LogP contribution in [0.5, 0.6) is 0 Å². The first-order valence-corrected chi connectivity index (χ1v) is 6.08. The Labute approximate surface area is 103 Å². The third-order valence-electron chi connectivity index (χ3n) is 2.92. The molecule has 0 N–H and O–H groups in total. The van der Waals surface area contributed by atoms with Gasteiger partial charge in [0.15, 0.2) is 0 Å². The minimum absolute atomic E-state index is 0.144. The lowest BCUT2D eigenvalue weighted by atomic mass is 10.2. The summed E-state index contributed by atoms with van der Waals surface area (Å²) in [4.78, 5) is 14.3. The summed E-state index contributed by atoms with van der Waals surface area (Å²) in [5.41, 5.74) is 0.781. The van der Waals surface area contributed by atoms with Crippen LogP contribution < -0.4 is 0 Å². The maximum atomic E-state index is 12.3. The van der Waals surface area contributed by atoms with Gasteiger partial charge in [0.2, 0.25) is 0 Å². The summed E-state index contributed by atoms with van der Waals surface area (Å²) in [6.07, 6.45) is 3.04. The molecular formula is C15H17NO. The fourth-order valence-corrected chi connectivity index (χ4v) is 1.88. The van der Waals surface area contributed by atoms with Crippen LogP contribution in [0.1, 0.15) is 36.5 Å². The van der Waals surface area contributed by atoms with Crippen LogP contribution in [0.25, 0.3) is 0 Å². The second-order valence-corrected chi connectivity index (χ2v) is 4.27. The molecule has 1 saturated carbocycles. The van der Waals surface area contributed by atoms with E-state index in [-0.39, 0.29) is 5.91 Å². The van der Waals surface area contributed by atoms with Crippen molar-refractivity contribution < 1.29 is 4.79 Å². The Balaban J connectivity index is 2.04. The maximum Gasteiger partial charge on any atom is 0.254 e. The van der Waals surface area contributed by atoms with Gasteiger partial charge in [0, 0.05) is 24.6 Å². The van der Waals surface area contributed by atoms with Crippen LogP contribution >= 0.6 is 0 Å². The minimum Gasteiger partial charge on any atom is -0.335 e. The second-order valence-electron chi connectivity index (χ2n) is 4.27. The Morgan fingerprint density at radius 3 is 2.65 bits per heavy atom. The molecule has 1 aromatic rings. The van der Waals surface area contributed by atoms with Crippen LogP contribution in [0.3, 0.4) is 0 Å². The predicted octanol–water partition coefficient (Wildman–Crippen LogP) is 2.70. The fraction of sp³-hybridized carbons (Fsp3) is 0.400. The molecule has 0 radical (unpaired) electrons. The molecule has 1 aliphatic rings. The van der Waals surface area contributed by atoms with Gasteiger partial charge >= 0.3 is 0 Å². The van der Waals surface area contributed by atoms with Crippen molar-refractivity contribution in [1.82, 2.24) is 4.90 Å². The Morgan fingerprint density at radius 2 is 2.06 bits per heavy atom. The lowest BCUT2D eigenvalue weighted by molar-refractivity contribution is 0.0747. The standard InChI is InChI=1S/C15H17NO/c1-2-3-7-12-16(14-10-11-14)15(17)13-8-5-4-6-9-13/h4-6,8-9,14H,7,10-12H2,1H3. The second kappa shape index (κ2) is 5.54. The van der Waals surface area contributed by atoms with Crippen LogP contribution in [0.4, 0.5) is 0 Å². The number of hydrogen-bond acceptors (Lipinski definition) is 1. The van der Waals surface area contributed by atoms with E-state index in [9.17, 15) is 4.79 Å². The van der Waals surface area contributed by atoms with Gasteiger partial charge in [0.05, 0.1) is 0 Å². The third kappa shape index (κ3) is 3.10. The van der Waals surface area contributed by atoms with Gasteiger partial charge in [-0.05, 0) is 31.9 Å². The zero-order valence-electron chi connectivity index (χ0n) is 10.1. The Bertz CT molecular complexity index is 437. The van der Waals surface area contributed by atoms with E-state index in [4.69, 9.17) is 0 Å². The van der Waals surface area contributed by atoms with Crippen LogP contribution in [0.15, 0.2) is 30.3 Å². The van der Waals surface area contributed by atoms with E-state index in [0.717, 1.165) is 31.4 Å². The molecule has 0 saturated heterocycles. The maximum absolute atomic E-state index is 12.3. The molecule has 0 heterocycles. The molecule has 0 aliphatic heterocycles. The highest BCUT2D eigenvalue weighted by molar-refractivity contribution is 5.94. The van der Waals surface area contributed by atoms with Crippen molar-refractivity contribution in [2.75, 3.05) is 6.54 Å². The van der Waals surface area contributed by atoms with Crippen LogP contribution in [-0.4, -0.2) is 23.4 Å². The molecule has 2 rings (SSSR count). The van der Waals surface area contributed by atoms with E-state index in [1.807, 2.05) is 42.2 Å². The normalized spacial score (nSPS) is 13.7. The van der Waals surface area contributed by atoms with Crippen molar-refractivity contribution in [2.24, 2.45) is 0 Å². The van der Waals surface area contributed by atoms with Crippen molar-refractivity contribution in [2.45, 2.75) is 32.2 Å². The number of carbonyl (C=O) groups excluding carboxylic acids is 1. The number of hydrogen-bond donors (Lipinski definition) is 0. The first-order chi connectivity index (χ1) is 8.33. The van der Waals surface area contributed by atoms with E-state index in [0.29, 0.717) is 6.04 Å². The van der Waals surface area contributed by atoms with Crippen LogP contribution in [-0.2, 0) is 0 Å². The van der Waals surface area contributed by atoms with Crippen molar-refractivity contribution in [3.05, 3.63) is 35.9 Å². The first-order valence-electron chi connectivity index (χ1n) is 6.08. The minimum atomic E-state index is 0.144. The van der Waals surface area contributed by atoms with Crippen molar-refractivity contribution >= 4 is 5.91 Å². The summed E-state index contributed by atoms with van der Waals surface area (Å²) < 4.78 is 0. The Morgan fingerprint density at radius 1 is 1.35 bits per heavy atom. The lowest BCUT2D eigenvalue weighted by Crippen LogP contribution is -2.33. The van der Waals surface area contributed by atoms with Crippen molar-refractivity contribution in [3.8, 4) is 11.8 Å². The fourth-order valence-electron chi connectivity index (χ4n) is 1.88. The van der Waals surface area contributed by atoms with E-state index in [1.165, 1.54) is 0 Å². The number of nitrogens with zero attached hydrogens (tertiary/aromatic N) is 1. The summed E-state index contributed by atoms with van der Waals surface area (Å²) in [5, 5.41) is 0. The zero-order chi connectivity index (χ0) is 12.1. The highest BCUT2D eigenvalue weighted by Crippen LogP contribution is 2.28. The van der Waals surface area contributed by atoms with E-state index in [1.54, 1.807) is 0 Å². The van der Waals surface area contributed by atoms with E-state index >= 15 is 0 Å². The summed E-state index contributed by atoms with van der Waals surface area (Å²) in [7, 11) is 0. The summed E-state index contributed by atoms with van der Waals surface area (Å²) in [6, 6.07) is 9.95. The third-order valence-corrected chi connectivity index (χ3v) is 2.92. The summed E-state index contributed by atoms with van der Waals surface area (Å²) in [5.74, 6) is 6.04. The average Bonchev–Trinajstić information content (AvgIpc) is 3.19. The number of amides is 1. The topological polar surface area (TPSA) is 20.3 Å². The largest absolute Gasteiger partial charge is 0.335 e. The molecule has 0 bridgehead atoms. The molecule has 2 nitrogen and oxygen atoms in total. The average molecular weight is 227 g/mol. The molecule has 1 aromatic carbocycles. The Hall–Kier alpha value is -1.75. The molecule has 88 valence electrons. The zero-order valence-corrected chi connectivity index (χ0v) is 10.1. The molecule has 0 atom stereocenters. The molecule has 0 spiro atoms. The van der Waals surface area contributed by atoms with E-state index < -0.39 is 0 Å². The highest BCUT2D eigenvalue weighted by atomic mass is 16.2. The first kappa shape index (κ1) is 11.7. The van der Waals surface area contributed by atoms with Gasteiger partial charge in [-0.2, -0.15) is 0 Å². The van der Waals surface area contributed by atoms with Gasteiger partial charge in [-0.3, -0.25) is 4.79 Å². The van der Waals surface area contributed by atoms with Gasteiger partial charge in [0.1, 0.15) is 0 Å². The molecule has 2 heteroatoms. The molecule has 17 heavy (non-hydrogen) atoms. The molecule has 1 fully saturated rings. The Kier molecular flexibility index (Phi) is 3.82. The molecule has 0 aromatic heterocycles. The van der Waals surface area contributed by atoms with Crippen LogP contribution in [0.2, 0.25) is 0 Å². The van der Waals surface area contributed by atoms with Crippen molar-refractivity contribution in [1.29, 1.82) is 0 Å². The number of rotatable bonds is 4. The predicted molar refractivity (Wildman–Crippen MR) is 68.6 cm³/mol. The molecular weight excluding hydrogens is 210 g/mol. The lowest BCUT2D eigenvalue weighted by Gasteiger charge is -2.21. The van der Waals surface area contributed by atoms with Gasteiger partial charge in [-0.15, -0.1) is 11.8 Å². The molecule has 0 unspecified atom stereocenters. The summed E-state index contributed by atoms with van der Waals surface area (Å²) in [6.45, 7) is 2.58. The number of benzene rings is 1. The molecule has 1 aliphatic carbocycles. The smallest absolute Gasteiger partial charge is 0.254 e. The van der Waals surface area contributed by atoms with Gasteiger partial charge in [-0.1, -0.05) is 18.2 Å². The van der Waals surface area contributed by atoms with Gasteiger partial charge < -0.3 is 4.90 Å². The SMILES string of the molecule is CC#CCCN(C(=O)c1ccccc1)C1CC1. The van der Waals surface area contributed by atoms with Crippen molar-refractivity contribution in [3.63, 3.8) is 0 Å². The van der Waals surface area contributed by atoms with Gasteiger partial charge in [0.25, 0.3) is 5.91 Å². The highest BCUT2D eigenvalue weighted by Gasteiger charge is 2.32. The van der Waals surface area contributed by atoms with E-state index in [2.05, 4.69) is 11.8 Å². The van der Waals surface area contributed by atoms with Gasteiger partial charge in [-0.25, -0.2) is 0 Å². The number of carbonyl (C=O) groups is 1. The molecule has 1 amide bonds. The van der Waals surface area contributed by atoms with Crippen LogP contribution in [0, 0.1) is 11.8 Å². The monoisotopic (exact) mass is 227 g/mol. The summed E-state index contributed by atoms with van der Waals surface area (Å²) >= 11 is 0.